The van der Waals surface area contributed by atoms with Crippen LogP contribution in [0.5, 0.6) is 23.0 Å². The van der Waals surface area contributed by atoms with Crippen molar-refractivity contribution in [1.29, 1.82) is 0 Å². The molecule has 0 spiro atoms. The van der Waals surface area contributed by atoms with Crippen molar-refractivity contribution in [2.45, 2.75) is 0 Å². The normalized spacial score (nSPS) is 11.0. The first kappa shape index (κ1) is 35.9. The van der Waals surface area contributed by atoms with E-state index in [2.05, 4.69) is 48.5 Å². The Morgan fingerprint density at radius 2 is 0.431 bits per heavy atom. The van der Waals surface area contributed by atoms with Crippen molar-refractivity contribution in [3.8, 4) is 112 Å². The maximum atomic E-state index is 12.7. The van der Waals surface area contributed by atoms with Gasteiger partial charge in [-0.3, -0.25) is 0 Å². The third-order valence-corrected chi connectivity index (χ3v) is 10.7. The van der Waals surface area contributed by atoms with Gasteiger partial charge in [0.05, 0.1) is 0 Å². The number of para-hydroxylation sites is 4. The molecule has 4 N–H and O–H groups in total. The van der Waals surface area contributed by atoms with Gasteiger partial charge in [0.15, 0.2) is 0 Å². The molecule has 0 bridgehead atoms. The van der Waals surface area contributed by atoms with Gasteiger partial charge in [-0.2, -0.15) is 0 Å². The maximum Gasteiger partial charge on any atom is 0.131 e. The van der Waals surface area contributed by atoms with E-state index >= 15 is 0 Å². The smallest absolute Gasteiger partial charge is 0.131 e. The number of phenolic OH excluding ortho intramolecular Hbond substituents is 4. The largest absolute Gasteiger partial charge is 0.507 e. The molecule has 0 saturated heterocycles. The average Bonchev–Trinajstić information content (AvgIpc) is 3.27. The molecule has 0 aliphatic heterocycles. The van der Waals surface area contributed by atoms with Gasteiger partial charge in [0.25, 0.3) is 0 Å². The van der Waals surface area contributed by atoms with E-state index in [9.17, 15) is 20.4 Å². The van der Waals surface area contributed by atoms with Gasteiger partial charge in [0.2, 0.25) is 0 Å². The molecule has 0 heterocycles. The Bertz CT molecular complexity index is 2700. The molecule has 4 nitrogen and oxygen atoms in total. The van der Waals surface area contributed by atoms with Crippen LogP contribution in [0.4, 0.5) is 0 Å². The standard InChI is InChI=1S/C54H38O4/c55-45-33-15-13-27-39(45)41-29-17-31-43(53(41)57)51-49(37-23-9-3-10-24-37)47(35-19-5-1-6-20-35)48(36-21-7-2-8-22-36)50(38-25-11-4-12-26-38)52(51)44-32-18-30-42(54(44)58)40-28-14-16-34-46(40)56/h1-34,55-58H. The quantitative estimate of drug-likeness (QED) is 0.125. The molecule has 0 aliphatic rings. The Hall–Kier alpha value is -7.82. The van der Waals surface area contributed by atoms with Crippen LogP contribution < -0.4 is 0 Å². The van der Waals surface area contributed by atoms with Crippen LogP contribution in [-0.2, 0) is 0 Å². The second-order valence-corrected chi connectivity index (χ2v) is 14.2. The fourth-order valence-electron chi connectivity index (χ4n) is 8.19. The minimum absolute atomic E-state index is 0.0238. The molecule has 0 aliphatic carbocycles. The van der Waals surface area contributed by atoms with E-state index in [4.69, 9.17) is 0 Å². The molecular formula is C54H38O4. The summed E-state index contributed by atoms with van der Waals surface area (Å²) in [6, 6.07) is 66.1. The van der Waals surface area contributed by atoms with E-state index in [1.165, 1.54) is 0 Å². The molecule has 4 heteroatoms. The number of phenols is 4. The van der Waals surface area contributed by atoms with Crippen molar-refractivity contribution in [2.24, 2.45) is 0 Å². The molecule has 0 aromatic heterocycles. The van der Waals surface area contributed by atoms with Crippen LogP contribution in [0.3, 0.4) is 0 Å². The molecule has 0 saturated carbocycles. The summed E-state index contributed by atoms with van der Waals surface area (Å²) in [4.78, 5) is 0. The second-order valence-electron chi connectivity index (χ2n) is 14.2. The van der Waals surface area contributed by atoms with Crippen molar-refractivity contribution >= 4 is 0 Å². The molecule has 9 aromatic rings. The van der Waals surface area contributed by atoms with E-state index in [0.29, 0.717) is 44.5 Å². The van der Waals surface area contributed by atoms with Crippen LogP contribution in [-0.4, -0.2) is 20.4 Å². The highest BCUT2D eigenvalue weighted by atomic mass is 16.3. The highest BCUT2D eigenvalue weighted by molar-refractivity contribution is 6.16. The van der Waals surface area contributed by atoms with Gasteiger partial charge in [-0.15, -0.1) is 0 Å². The van der Waals surface area contributed by atoms with E-state index < -0.39 is 0 Å². The zero-order valence-electron chi connectivity index (χ0n) is 31.4. The summed E-state index contributed by atoms with van der Waals surface area (Å²) in [7, 11) is 0. The summed E-state index contributed by atoms with van der Waals surface area (Å²) >= 11 is 0. The van der Waals surface area contributed by atoms with Crippen LogP contribution in [0.25, 0.3) is 89.0 Å². The molecular weight excluding hydrogens is 713 g/mol. The topological polar surface area (TPSA) is 80.9 Å². The third kappa shape index (κ3) is 6.33. The maximum absolute atomic E-state index is 12.7. The van der Waals surface area contributed by atoms with Crippen molar-refractivity contribution in [3.63, 3.8) is 0 Å². The summed E-state index contributed by atoms with van der Waals surface area (Å²) in [5, 5.41) is 47.6. The Kier molecular flexibility index (Phi) is 9.50. The van der Waals surface area contributed by atoms with E-state index in [-0.39, 0.29) is 23.0 Å². The van der Waals surface area contributed by atoms with Gasteiger partial charge < -0.3 is 20.4 Å². The SMILES string of the molecule is Oc1ccccc1-c1cccc(-c2c(-c3ccccc3)c(-c3ccccc3)c(-c3ccccc3)c(-c3ccccc3)c2-c2cccc(-c3ccccc3O)c2O)c1O. The van der Waals surface area contributed by atoms with Gasteiger partial charge in [0.1, 0.15) is 23.0 Å². The van der Waals surface area contributed by atoms with Gasteiger partial charge in [-0.1, -0.05) is 194 Å². The first-order chi connectivity index (χ1) is 28.5. The number of aromatic hydroxyl groups is 4. The van der Waals surface area contributed by atoms with E-state index in [0.717, 1.165) is 44.5 Å². The molecule has 0 unspecified atom stereocenters. The summed E-state index contributed by atoms with van der Waals surface area (Å²) in [5.41, 5.74) is 11.6. The minimum Gasteiger partial charge on any atom is -0.507 e. The molecule has 0 amide bonds. The summed E-state index contributed by atoms with van der Waals surface area (Å²) in [6.45, 7) is 0. The van der Waals surface area contributed by atoms with Crippen molar-refractivity contribution in [3.05, 3.63) is 206 Å². The van der Waals surface area contributed by atoms with Gasteiger partial charge in [0, 0.05) is 44.5 Å². The molecule has 0 radical (unpaired) electrons. The highest BCUT2D eigenvalue weighted by Gasteiger charge is 2.32. The number of rotatable bonds is 8. The number of benzene rings is 9. The van der Waals surface area contributed by atoms with Crippen LogP contribution in [0.2, 0.25) is 0 Å². The van der Waals surface area contributed by atoms with Crippen LogP contribution in [0.1, 0.15) is 0 Å². The monoisotopic (exact) mass is 750 g/mol. The van der Waals surface area contributed by atoms with Gasteiger partial charge in [-0.25, -0.2) is 0 Å². The zero-order chi connectivity index (χ0) is 39.6. The molecule has 0 atom stereocenters. The van der Waals surface area contributed by atoms with Crippen molar-refractivity contribution < 1.29 is 20.4 Å². The van der Waals surface area contributed by atoms with Crippen LogP contribution >= 0.6 is 0 Å². The lowest BCUT2D eigenvalue weighted by atomic mass is 9.73. The van der Waals surface area contributed by atoms with Crippen LogP contribution in [0, 0.1) is 0 Å². The fourth-order valence-corrected chi connectivity index (χ4v) is 8.19. The second kappa shape index (κ2) is 15.4. The molecule has 278 valence electrons. The van der Waals surface area contributed by atoms with Crippen molar-refractivity contribution in [2.75, 3.05) is 0 Å². The number of hydrogen-bond acceptors (Lipinski definition) is 4. The Morgan fingerprint density at radius 3 is 0.741 bits per heavy atom. The van der Waals surface area contributed by atoms with Crippen molar-refractivity contribution in [1.82, 2.24) is 0 Å². The number of hydrogen-bond donors (Lipinski definition) is 4. The Balaban J connectivity index is 1.58. The van der Waals surface area contributed by atoms with Crippen LogP contribution in [0.15, 0.2) is 206 Å². The summed E-state index contributed by atoms with van der Waals surface area (Å²) < 4.78 is 0. The third-order valence-electron chi connectivity index (χ3n) is 10.7. The predicted molar refractivity (Wildman–Crippen MR) is 237 cm³/mol. The van der Waals surface area contributed by atoms with Gasteiger partial charge in [-0.05, 0) is 56.6 Å². The zero-order valence-corrected chi connectivity index (χ0v) is 31.4. The average molecular weight is 751 g/mol. The molecule has 0 fully saturated rings. The lowest BCUT2D eigenvalue weighted by Crippen LogP contribution is -2.03. The predicted octanol–water partition coefficient (Wildman–Crippen LogP) is 13.8. The summed E-state index contributed by atoms with van der Waals surface area (Å²) in [6.07, 6.45) is 0. The molecule has 9 aromatic carbocycles. The minimum atomic E-state index is -0.0238. The van der Waals surface area contributed by atoms with Gasteiger partial charge >= 0.3 is 0 Å². The van der Waals surface area contributed by atoms with E-state index in [1.807, 2.05) is 109 Å². The lowest BCUT2D eigenvalue weighted by molar-refractivity contribution is 0.470. The first-order valence-electron chi connectivity index (χ1n) is 19.2. The highest BCUT2D eigenvalue weighted by Crippen LogP contribution is 2.59. The fraction of sp³-hybridized carbons (Fsp3) is 0. The molecule has 9 rings (SSSR count). The lowest BCUT2D eigenvalue weighted by Gasteiger charge is -2.29. The molecule has 58 heavy (non-hydrogen) atoms. The summed E-state index contributed by atoms with van der Waals surface area (Å²) in [5.74, 6) is 0.0372. The Labute approximate surface area is 337 Å². The first-order valence-corrected chi connectivity index (χ1v) is 19.2. The van der Waals surface area contributed by atoms with E-state index in [1.54, 1.807) is 48.5 Å². The Morgan fingerprint density at radius 1 is 0.190 bits per heavy atom.